The van der Waals surface area contributed by atoms with Crippen molar-refractivity contribution in [2.24, 2.45) is 11.8 Å². The third kappa shape index (κ3) is 8.69. The number of aliphatic hydroxyl groups is 1. The first-order valence-corrected chi connectivity index (χ1v) is 14.0. The molecule has 1 aliphatic heterocycles. The molecule has 3 rings (SSSR count). The highest BCUT2D eigenvalue weighted by atomic mass is 16.5. The number of hydrogen-bond acceptors (Lipinski definition) is 6. The van der Waals surface area contributed by atoms with Crippen molar-refractivity contribution in [3.8, 4) is 5.75 Å². The third-order valence-electron chi connectivity index (χ3n) is 7.74. The minimum absolute atomic E-state index is 0.0718. The average molecular weight is 517 g/mol. The van der Waals surface area contributed by atoms with Gasteiger partial charge >= 0.3 is 0 Å². The SMILES string of the molecule is C[C@H](CO)N1C[C@H](C)[C@H](CN(C)CC2CCCCC2)Oc2ccc(NC(=O)CCCN(C)C)cc2C1=O. The summed E-state index contributed by atoms with van der Waals surface area (Å²) in [6, 6.07) is 5.02. The first-order chi connectivity index (χ1) is 17.7. The van der Waals surface area contributed by atoms with Crippen LogP contribution >= 0.6 is 0 Å². The molecule has 8 heteroatoms. The molecule has 2 aliphatic rings. The summed E-state index contributed by atoms with van der Waals surface area (Å²) in [5.74, 6) is 1.12. The van der Waals surface area contributed by atoms with E-state index in [0.29, 0.717) is 30.0 Å². The van der Waals surface area contributed by atoms with Crippen LogP contribution in [0, 0.1) is 11.8 Å². The van der Waals surface area contributed by atoms with Crippen molar-refractivity contribution in [1.29, 1.82) is 0 Å². The molecular formula is C29H48N4O4. The van der Waals surface area contributed by atoms with Gasteiger partial charge < -0.3 is 29.9 Å². The van der Waals surface area contributed by atoms with Gasteiger partial charge in [0.05, 0.1) is 18.2 Å². The van der Waals surface area contributed by atoms with Crippen LogP contribution in [0.1, 0.15) is 69.2 Å². The zero-order chi connectivity index (χ0) is 26.9. The number of anilines is 1. The van der Waals surface area contributed by atoms with Gasteiger partial charge in [-0.3, -0.25) is 9.59 Å². The van der Waals surface area contributed by atoms with Crippen molar-refractivity contribution in [2.45, 2.75) is 70.9 Å². The Hall–Kier alpha value is -2.16. The number of aliphatic hydroxyl groups excluding tert-OH is 1. The van der Waals surface area contributed by atoms with Crippen LogP contribution in [0.4, 0.5) is 5.69 Å². The number of nitrogens with zero attached hydrogens (tertiary/aromatic N) is 3. The molecule has 0 spiro atoms. The summed E-state index contributed by atoms with van der Waals surface area (Å²) in [6.45, 7) is 7.06. The molecule has 1 aliphatic carbocycles. The van der Waals surface area contributed by atoms with Gasteiger partial charge in [-0.25, -0.2) is 0 Å². The molecule has 1 heterocycles. The van der Waals surface area contributed by atoms with Crippen molar-refractivity contribution in [1.82, 2.24) is 14.7 Å². The summed E-state index contributed by atoms with van der Waals surface area (Å²) < 4.78 is 6.52. The van der Waals surface area contributed by atoms with Gasteiger partial charge in [0.1, 0.15) is 11.9 Å². The Morgan fingerprint density at radius 3 is 2.59 bits per heavy atom. The molecule has 37 heavy (non-hydrogen) atoms. The van der Waals surface area contributed by atoms with E-state index in [9.17, 15) is 14.7 Å². The summed E-state index contributed by atoms with van der Waals surface area (Å²) in [7, 11) is 6.14. The fourth-order valence-electron chi connectivity index (χ4n) is 5.49. The molecule has 2 N–H and O–H groups in total. The molecule has 3 atom stereocenters. The molecule has 1 aromatic carbocycles. The van der Waals surface area contributed by atoms with Crippen molar-refractivity contribution < 1.29 is 19.4 Å². The number of fused-ring (bicyclic) bond motifs is 1. The third-order valence-corrected chi connectivity index (χ3v) is 7.74. The predicted octanol–water partition coefficient (Wildman–Crippen LogP) is 3.70. The molecule has 1 aromatic rings. The molecule has 0 unspecified atom stereocenters. The Morgan fingerprint density at radius 2 is 1.92 bits per heavy atom. The number of benzene rings is 1. The zero-order valence-corrected chi connectivity index (χ0v) is 23.5. The molecule has 208 valence electrons. The number of rotatable bonds is 11. The van der Waals surface area contributed by atoms with Gasteiger partial charge in [-0.15, -0.1) is 0 Å². The normalized spacial score (nSPS) is 21.8. The number of ether oxygens (including phenoxy) is 1. The molecule has 2 amide bonds. The van der Waals surface area contributed by atoms with Crippen molar-refractivity contribution in [2.75, 3.05) is 59.2 Å². The zero-order valence-electron chi connectivity index (χ0n) is 23.5. The van der Waals surface area contributed by atoms with E-state index in [1.54, 1.807) is 17.0 Å². The smallest absolute Gasteiger partial charge is 0.258 e. The lowest BCUT2D eigenvalue weighted by atomic mass is 9.89. The van der Waals surface area contributed by atoms with Crippen LogP contribution in [-0.2, 0) is 4.79 Å². The number of nitrogens with one attached hydrogen (secondary N) is 1. The maximum Gasteiger partial charge on any atom is 0.258 e. The summed E-state index contributed by atoms with van der Waals surface area (Å²) in [4.78, 5) is 32.3. The monoisotopic (exact) mass is 516 g/mol. The Kier molecular flexibility index (Phi) is 11.2. The molecule has 1 fully saturated rings. The van der Waals surface area contributed by atoms with E-state index in [1.807, 2.05) is 27.1 Å². The van der Waals surface area contributed by atoms with Gasteiger partial charge in [0.25, 0.3) is 5.91 Å². The highest BCUT2D eigenvalue weighted by Gasteiger charge is 2.34. The maximum atomic E-state index is 13.6. The Morgan fingerprint density at radius 1 is 1.19 bits per heavy atom. The first-order valence-electron chi connectivity index (χ1n) is 14.0. The lowest BCUT2D eigenvalue weighted by molar-refractivity contribution is -0.116. The van der Waals surface area contributed by atoms with E-state index in [0.717, 1.165) is 32.0 Å². The van der Waals surface area contributed by atoms with Crippen molar-refractivity contribution in [3.63, 3.8) is 0 Å². The largest absolute Gasteiger partial charge is 0.488 e. The Bertz CT molecular complexity index is 887. The number of carbonyl (C=O) groups excluding carboxylic acids is 2. The Balaban J connectivity index is 1.78. The van der Waals surface area contributed by atoms with Gasteiger partial charge in [-0.1, -0.05) is 26.2 Å². The van der Waals surface area contributed by atoms with Gasteiger partial charge in [0.15, 0.2) is 0 Å². The highest BCUT2D eigenvalue weighted by molar-refractivity contribution is 5.99. The van der Waals surface area contributed by atoms with E-state index in [1.165, 1.54) is 32.1 Å². The lowest BCUT2D eigenvalue weighted by Gasteiger charge is -2.38. The lowest BCUT2D eigenvalue weighted by Crippen LogP contribution is -2.50. The van der Waals surface area contributed by atoms with Crippen LogP contribution in [0.3, 0.4) is 0 Å². The van der Waals surface area contributed by atoms with E-state index >= 15 is 0 Å². The van der Waals surface area contributed by atoms with E-state index in [-0.39, 0.29) is 36.5 Å². The fraction of sp³-hybridized carbons (Fsp3) is 0.724. The molecule has 0 saturated heterocycles. The van der Waals surface area contributed by atoms with Crippen molar-refractivity contribution >= 4 is 17.5 Å². The number of carbonyl (C=O) groups is 2. The van der Waals surface area contributed by atoms with E-state index in [2.05, 4.69) is 29.1 Å². The topological polar surface area (TPSA) is 85.3 Å². The van der Waals surface area contributed by atoms with Crippen LogP contribution in [-0.4, -0.2) is 97.7 Å². The first kappa shape index (κ1) is 29.4. The standard InChI is InChI=1S/C29H48N4O4/c1-21-17-33(22(2)20-34)29(36)25-16-24(30-28(35)12-9-15-31(3)4)13-14-26(25)37-27(21)19-32(5)18-23-10-7-6-8-11-23/h13-14,16,21-23,27,34H,6-12,15,17-20H2,1-5H3,(H,30,35)/t21-,22+,27-/m0/s1. The predicted molar refractivity (Wildman–Crippen MR) is 148 cm³/mol. The second-order valence-electron chi connectivity index (χ2n) is 11.5. The number of hydrogen-bond donors (Lipinski definition) is 2. The minimum atomic E-state index is -0.314. The molecule has 0 aromatic heterocycles. The maximum absolute atomic E-state index is 13.6. The van der Waals surface area contributed by atoms with Gasteiger partial charge in [-0.05, 0) is 78.0 Å². The highest BCUT2D eigenvalue weighted by Crippen LogP contribution is 2.31. The van der Waals surface area contributed by atoms with Crippen LogP contribution in [0.5, 0.6) is 5.75 Å². The fourth-order valence-corrected chi connectivity index (χ4v) is 5.49. The number of amides is 2. The minimum Gasteiger partial charge on any atom is -0.488 e. The quantitative estimate of drug-likeness (QED) is 0.467. The van der Waals surface area contributed by atoms with E-state index < -0.39 is 0 Å². The van der Waals surface area contributed by atoms with Crippen LogP contribution < -0.4 is 10.1 Å². The second kappa shape index (κ2) is 14.1. The second-order valence-corrected chi connectivity index (χ2v) is 11.5. The summed E-state index contributed by atoms with van der Waals surface area (Å²) in [6.07, 6.45) is 7.69. The van der Waals surface area contributed by atoms with Gasteiger partial charge in [0.2, 0.25) is 5.91 Å². The average Bonchev–Trinajstić information content (AvgIpc) is 2.86. The van der Waals surface area contributed by atoms with E-state index in [4.69, 9.17) is 4.74 Å². The molecule has 0 bridgehead atoms. The number of likely N-dealkylation sites (N-methyl/N-ethyl adjacent to an activating group) is 1. The van der Waals surface area contributed by atoms with Gasteiger partial charge in [-0.2, -0.15) is 0 Å². The Labute approximate surface area is 223 Å². The molecule has 0 radical (unpaired) electrons. The van der Waals surface area contributed by atoms with Crippen LogP contribution in [0.25, 0.3) is 0 Å². The summed E-state index contributed by atoms with van der Waals surface area (Å²) in [5, 5.41) is 12.8. The summed E-state index contributed by atoms with van der Waals surface area (Å²) in [5.41, 5.74) is 1.01. The molecule has 8 nitrogen and oxygen atoms in total. The van der Waals surface area contributed by atoms with Crippen LogP contribution in [0.15, 0.2) is 18.2 Å². The van der Waals surface area contributed by atoms with Crippen molar-refractivity contribution in [3.05, 3.63) is 23.8 Å². The molecule has 1 saturated carbocycles. The summed E-state index contributed by atoms with van der Waals surface area (Å²) >= 11 is 0. The molecular weight excluding hydrogens is 468 g/mol. The van der Waals surface area contributed by atoms with Crippen LogP contribution in [0.2, 0.25) is 0 Å². The van der Waals surface area contributed by atoms with Gasteiger partial charge in [0, 0.05) is 37.7 Å².